The molecule has 0 saturated carbocycles. The molecule has 2 nitrogen and oxygen atoms in total. The molecule has 1 aromatic rings. The van der Waals surface area contributed by atoms with Crippen LogP contribution in [0.2, 0.25) is 0 Å². The molecule has 0 radical (unpaired) electrons. The maximum Gasteiger partial charge on any atom is 0.311 e. The smallest absolute Gasteiger partial charge is 0.311 e. The van der Waals surface area contributed by atoms with Gasteiger partial charge >= 0.3 is 5.97 Å². The molecule has 0 saturated heterocycles. The summed E-state index contributed by atoms with van der Waals surface area (Å²) in [6, 6.07) is 8.24. The summed E-state index contributed by atoms with van der Waals surface area (Å²) in [5.41, 5.74) is 2.03. The Morgan fingerprint density at radius 3 is 1.89 bits per heavy atom. The Morgan fingerprint density at radius 1 is 1.00 bits per heavy atom. The van der Waals surface area contributed by atoms with Crippen LogP contribution in [0, 0.1) is 5.41 Å². The van der Waals surface area contributed by atoms with Crippen molar-refractivity contribution in [2.45, 2.75) is 53.6 Å². The fourth-order valence-electron chi connectivity index (χ4n) is 1.47. The summed E-state index contributed by atoms with van der Waals surface area (Å²) in [7, 11) is 0. The van der Waals surface area contributed by atoms with Crippen molar-refractivity contribution in [3.05, 3.63) is 35.4 Å². The van der Waals surface area contributed by atoms with Gasteiger partial charge in [-0.15, -0.1) is 0 Å². The first-order valence-electron chi connectivity index (χ1n) is 6.37. The number of ether oxygens (including phenoxy) is 1. The van der Waals surface area contributed by atoms with Crippen LogP contribution in [0.5, 0.6) is 0 Å². The second-order valence-corrected chi connectivity index (χ2v) is 6.77. The molecule has 1 rings (SSSR count). The molecule has 0 aliphatic rings. The molecular weight excluding hydrogens is 224 g/mol. The van der Waals surface area contributed by atoms with Crippen LogP contribution in [0.25, 0.3) is 0 Å². The molecule has 0 aromatic heterocycles. The van der Waals surface area contributed by atoms with E-state index in [2.05, 4.69) is 32.9 Å². The van der Waals surface area contributed by atoms with Gasteiger partial charge in [0.15, 0.2) is 0 Å². The van der Waals surface area contributed by atoms with Gasteiger partial charge in [0.1, 0.15) is 6.61 Å². The molecule has 0 fully saturated rings. The van der Waals surface area contributed by atoms with E-state index in [0.29, 0.717) is 6.61 Å². The fraction of sp³-hybridized carbons (Fsp3) is 0.562. The van der Waals surface area contributed by atoms with E-state index in [9.17, 15) is 4.79 Å². The molecular formula is C16H24O2. The zero-order valence-electron chi connectivity index (χ0n) is 12.3. The van der Waals surface area contributed by atoms with Crippen molar-refractivity contribution < 1.29 is 9.53 Å². The van der Waals surface area contributed by atoms with Crippen molar-refractivity contribution in [2.75, 3.05) is 0 Å². The summed E-state index contributed by atoms with van der Waals surface area (Å²) in [5.74, 6) is -0.164. The van der Waals surface area contributed by atoms with Crippen LogP contribution < -0.4 is 0 Å². The van der Waals surface area contributed by atoms with Gasteiger partial charge in [-0.3, -0.25) is 4.79 Å². The molecule has 0 bridgehead atoms. The van der Waals surface area contributed by atoms with Crippen LogP contribution in [0.1, 0.15) is 52.7 Å². The molecule has 2 heteroatoms. The topological polar surface area (TPSA) is 26.3 Å². The van der Waals surface area contributed by atoms with Crippen LogP contribution in [-0.4, -0.2) is 5.97 Å². The highest BCUT2D eigenvalue weighted by Crippen LogP contribution is 2.22. The van der Waals surface area contributed by atoms with Crippen molar-refractivity contribution in [1.82, 2.24) is 0 Å². The second kappa shape index (κ2) is 5.13. The van der Waals surface area contributed by atoms with Gasteiger partial charge in [0, 0.05) is 0 Å². The van der Waals surface area contributed by atoms with Gasteiger partial charge in [-0.05, 0) is 37.3 Å². The average Bonchev–Trinajstić information content (AvgIpc) is 2.24. The van der Waals surface area contributed by atoms with E-state index in [0.717, 1.165) is 5.56 Å². The first-order chi connectivity index (χ1) is 8.10. The molecule has 0 amide bonds. The van der Waals surface area contributed by atoms with Gasteiger partial charge in [0.05, 0.1) is 5.41 Å². The third-order valence-corrected chi connectivity index (χ3v) is 2.80. The molecule has 1 aromatic carbocycles. The Bertz CT molecular complexity index is 402. The zero-order chi connectivity index (χ0) is 14.0. The minimum Gasteiger partial charge on any atom is -0.460 e. The van der Waals surface area contributed by atoms with Gasteiger partial charge in [-0.25, -0.2) is 0 Å². The summed E-state index contributed by atoms with van der Waals surface area (Å²) in [5, 5.41) is 0. The van der Waals surface area contributed by atoms with Crippen LogP contribution in [-0.2, 0) is 21.6 Å². The highest BCUT2D eigenvalue weighted by Gasteiger charge is 2.22. The average molecular weight is 248 g/mol. The second-order valence-electron chi connectivity index (χ2n) is 6.77. The van der Waals surface area contributed by atoms with Crippen LogP contribution in [0.15, 0.2) is 24.3 Å². The van der Waals surface area contributed by atoms with Crippen molar-refractivity contribution in [1.29, 1.82) is 0 Å². The van der Waals surface area contributed by atoms with Crippen molar-refractivity contribution in [3.63, 3.8) is 0 Å². The van der Waals surface area contributed by atoms with E-state index < -0.39 is 5.41 Å². The highest BCUT2D eigenvalue weighted by molar-refractivity contribution is 5.75. The summed E-state index contributed by atoms with van der Waals surface area (Å²) in [6.45, 7) is 12.5. The third-order valence-electron chi connectivity index (χ3n) is 2.80. The minimum absolute atomic E-state index is 0.153. The first kappa shape index (κ1) is 14.7. The molecule has 0 aliphatic heterocycles. The number of rotatable bonds is 2. The Kier molecular flexibility index (Phi) is 4.20. The lowest BCUT2D eigenvalue weighted by Crippen LogP contribution is -2.22. The van der Waals surface area contributed by atoms with Crippen LogP contribution in [0.4, 0.5) is 0 Å². The van der Waals surface area contributed by atoms with Crippen molar-refractivity contribution >= 4 is 5.97 Å². The third kappa shape index (κ3) is 4.17. The predicted octanol–water partition coefficient (Wildman–Crippen LogP) is 4.07. The summed E-state index contributed by atoms with van der Waals surface area (Å²) in [4.78, 5) is 11.6. The number of hydrogen-bond donors (Lipinski definition) is 0. The molecule has 18 heavy (non-hydrogen) atoms. The maximum absolute atomic E-state index is 11.6. The fourth-order valence-corrected chi connectivity index (χ4v) is 1.47. The molecule has 0 N–H and O–H groups in total. The van der Waals surface area contributed by atoms with Gasteiger partial charge in [0.2, 0.25) is 0 Å². The van der Waals surface area contributed by atoms with Gasteiger partial charge < -0.3 is 4.74 Å². The number of benzene rings is 1. The maximum atomic E-state index is 11.6. The van der Waals surface area contributed by atoms with Crippen molar-refractivity contribution in [3.8, 4) is 0 Å². The Balaban J connectivity index is 2.63. The lowest BCUT2D eigenvalue weighted by atomic mass is 9.87. The number of esters is 1. The lowest BCUT2D eigenvalue weighted by molar-refractivity contribution is -0.154. The Hall–Kier alpha value is -1.31. The van der Waals surface area contributed by atoms with E-state index in [1.54, 1.807) is 0 Å². The van der Waals surface area contributed by atoms with Crippen LogP contribution in [0.3, 0.4) is 0 Å². The number of carbonyl (C=O) groups is 1. The van der Waals surface area contributed by atoms with E-state index in [1.807, 2.05) is 32.9 Å². The summed E-state index contributed by atoms with van der Waals surface area (Å²) >= 11 is 0. The van der Waals surface area contributed by atoms with Gasteiger partial charge in [-0.1, -0.05) is 45.0 Å². The molecule has 100 valence electrons. The Labute approximate surface area is 110 Å². The first-order valence-corrected chi connectivity index (χ1v) is 6.37. The lowest BCUT2D eigenvalue weighted by Gasteiger charge is -2.19. The molecule has 0 aliphatic carbocycles. The van der Waals surface area contributed by atoms with E-state index in [4.69, 9.17) is 4.74 Å². The van der Waals surface area contributed by atoms with Gasteiger partial charge in [-0.2, -0.15) is 0 Å². The molecule has 0 unspecified atom stereocenters. The van der Waals surface area contributed by atoms with E-state index >= 15 is 0 Å². The monoisotopic (exact) mass is 248 g/mol. The van der Waals surface area contributed by atoms with E-state index in [-0.39, 0.29) is 11.4 Å². The van der Waals surface area contributed by atoms with Gasteiger partial charge in [0.25, 0.3) is 0 Å². The van der Waals surface area contributed by atoms with E-state index in [1.165, 1.54) is 5.56 Å². The number of hydrogen-bond acceptors (Lipinski definition) is 2. The van der Waals surface area contributed by atoms with Crippen molar-refractivity contribution in [2.24, 2.45) is 5.41 Å². The SMILES string of the molecule is CC(C)(C)C(=O)OCc1ccc(C(C)(C)C)cc1. The predicted molar refractivity (Wildman–Crippen MR) is 74.4 cm³/mol. The highest BCUT2D eigenvalue weighted by atomic mass is 16.5. The minimum atomic E-state index is -0.439. The summed E-state index contributed by atoms with van der Waals surface area (Å²) < 4.78 is 5.28. The molecule has 0 atom stereocenters. The number of carbonyl (C=O) groups excluding carboxylic acids is 1. The molecule has 0 heterocycles. The quantitative estimate of drug-likeness (QED) is 0.737. The molecule has 0 spiro atoms. The largest absolute Gasteiger partial charge is 0.460 e. The standard InChI is InChI=1S/C16H24O2/c1-15(2,3)13-9-7-12(8-10-13)11-18-14(17)16(4,5)6/h7-10H,11H2,1-6H3. The van der Waals surface area contributed by atoms with Crippen LogP contribution >= 0.6 is 0 Å². The Morgan fingerprint density at radius 2 is 1.50 bits per heavy atom. The zero-order valence-corrected chi connectivity index (χ0v) is 12.3. The normalized spacial score (nSPS) is 12.3. The summed E-state index contributed by atoms with van der Waals surface area (Å²) in [6.07, 6.45) is 0.